The minimum Gasteiger partial charge on any atom is -0.465 e. The molecule has 52 valence electrons. The van der Waals surface area contributed by atoms with E-state index in [0.717, 1.165) is 0 Å². The summed E-state index contributed by atoms with van der Waals surface area (Å²) >= 11 is 0. The third-order valence-electron chi connectivity index (χ3n) is 1.15. The summed E-state index contributed by atoms with van der Waals surface area (Å²) in [5, 5.41) is 17.2. The molecule has 0 fully saturated rings. The van der Waals surface area contributed by atoms with E-state index in [9.17, 15) is 0 Å². The third-order valence-corrected chi connectivity index (χ3v) is 1.15. The van der Waals surface area contributed by atoms with Crippen LogP contribution in [0.2, 0.25) is 0 Å². The summed E-state index contributed by atoms with van der Waals surface area (Å²) in [4.78, 5) is 0. The maximum Gasteiger partial charge on any atom is 0.491 e. The Morgan fingerprint density at radius 3 is 2.70 bits per heavy atom. The van der Waals surface area contributed by atoms with Crippen molar-refractivity contribution >= 4 is 12.6 Å². The first-order chi connectivity index (χ1) is 4.72. The van der Waals surface area contributed by atoms with Crippen molar-refractivity contribution in [3.05, 3.63) is 30.7 Å². The molecule has 2 N–H and O–H groups in total. The molecule has 0 atom stereocenters. The lowest BCUT2D eigenvalue weighted by atomic mass is 9.79. The molecule has 0 unspecified atom stereocenters. The Balaban J connectivity index is 2.78. The summed E-state index contributed by atoms with van der Waals surface area (Å²) in [6.45, 7) is 3.40. The molecule has 0 aliphatic heterocycles. The first kappa shape index (κ1) is 7.12. The lowest BCUT2D eigenvalue weighted by Gasteiger charge is -1.96. The fourth-order valence-corrected chi connectivity index (χ4v) is 0.589. The van der Waals surface area contributed by atoms with E-state index < -0.39 is 7.12 Å². The van der Waals surface area contributed by atoms with Crippen molar-refractivity contribution in [2.24, 2.45) is 0 Å². The van der Waals surface area contributed by atoms with Crippen molar-refractivity contribution in [3.63, 3.8) is 0 Å². The zero-order valence-electron chi connectivity index (χ0n) is 5.32. The Labute approximate surface area is 58.7 Å². The van der Waals surface area contributed by atoms with Crippen molar-refractivity contribution in [2.75, 3.05) is 0 Å². The van der Waals surface area contributed by atoms with Crippen LogP contribution in [-0.4, -0.2) is 17.2 Å². The molecule has 0 aliphatic carbocycles. The Bertz CT molecular complexity index is 215. The fourth-order valence-electron chi connectivity index (χ4n) is 0.589. The molecule has 0 bridgehead atoms. The first-order valence-electron chi connectivity index (χ1n) is 2.80. The van der Waals surface area contributed by atoms with Crippen LogP contribution < -0.4 is 0 Å². The minimum absolute atomic E-state index is 0.171. The third kappa shape index (κ3) is 1.29. The largest absolute Gasteiger partial charge is 0.491 e. The van der Waals surface area contributed by atoms with Gasteiger partial charge in [-0.3, -0.25) is 0 Å². The molecule has 0 saturated carbocycles. The standard InChI is InChI=1S/C6H7BO3/c1-5(7(8)9)6-3-2-4-10-6/h2-4,8-9H,1H2. The van der Waals surface area contributed by atoms with Gasteiger partial charge in [-0.1, -0.05) is 6.58 Å². The highest BCUT2D eigenvalue weighted by molar-refractivity contribution is 6.65. The summed E-state index contributed by atoms with van der Waals surface area (Å²) in [5.74, 6) is 0.398. The molecule has 0 aromatic carbocycles. The Hall–Kier alpha value is -0.995. The van der Waals surface area contributed by atoms with E-state index in [2.05, 4.69) is 6.58 Å². The second-order valence-corrected chi connectivity index (χ2v) is 1.88. The van der Waals surface area contributed by atoms with Crippen LogP contribution >= 0.6 is 0 Å². The summed E-state index contributed by atoms with van der Waals surface area (Å²) < 4.78 is 4.84. The van der Waals surface area contributed by atoms with Gasteiger partial charge in [-0.05, 0) is 12.1 Å². The second kappa shape index (κ2) is 2.73. The highest BCUT2D eigenvalue weighted by atomic mass is 16.4. The van der Waals surface area contributed by atoms with Crippen LogP contribution in [0, 0.1) is 0 Å². The maximum absolute atomic E-state index is 8.59. The normalized spacial score (nSPS) is 9.40. The zero-order valence-corrected chi connectivity index (χ0v) is 5.32. The second-order valence-electron chi connectivity index (χ2n) is 1.88. The van der Waals surface area contributed by atoms with Gasteiger partial charge in [0.25, 0.3) is 0 Å². The van der Waals surface area contributed by atoms with Gasteiger partial charge in [0.15, 0.2) is 0 Å². The van der Waals surface area contributed by atoms with Gasteiger partial charge in [-0.2, -0.15) is 0 Å². The fraction of sp³-hybridized carbons (Fsp3) is 0. The topological polar surface area (TPSA) is 53.6 Å². The van der Waals surface area contributed by atoms with Crippen molar-refractivity contribution < 1.29 is 14.5 Å². The van der Waals surface area contributed by atoms with Crippen LogP contribution in [-0.2, 0) is 0 Å². The van der Waals surface area contributed by atoms with Crippen LogP contribution in [0.25, 0.3) is 5.47 Å². The van der Waals surface area contributed by atoms with Crippen LogP contribution in [0.5, 0.6) is 0 Å². The molecule has 0 spiro atoms. The highest BCUT2D eigenvalue weighted by Crippen LogP contribution is 2.12. The lowest BCUT2D eigenvalue weighted by molar-refractivity contribution is 0.424. The van der Waals surface area contributed by atoms with E-state index in [1.807, 2.05) is 0 Å². The molecule has 4 heteroatoms. The molecular formula is C6H7BO3. The molecule has 0 aliphatic rings. The SMILES string of the molecule is C=C(B(O)O)c1ccco1. The molecule has 1 heterocycles. The average molecular weight is 138 g/mol. The number of rotatable bonds is 2. The molecule has 0 radical (unpaired) electrons. The minimum atomic E-state index is -1.54. The predicted molar refractivity (Wildman–Crippen MR) is 37.9 cm³/mol. The molecule has 1 rings (SSSR count). The Morgan fingerprint density at radius 1 is 1.60 bits per heavy atom. The Morgan fingerprint density at radius 2 is 2.30 bits per heavy atom. The number of hydrogen-bond donors (Lipinski definition) is 2. The van der Waals surface area contributed by atoms with Gasteiger partial charge in [0.2, 0.25) is 0 Å². The monoisotopic (exact) mass is 138 g/mol. The maximum atomic E-state index is 8.59. The van der Waals surface area contributed by atoms with Gasteiger partial charge in [0, 0.05) is 5.47 Å². The summed E-state index contributed by atoms with van der Waals surface area (Å²) in [6, 6.07) is 3.27. The first-order valence-corrected chi connectivity index (χ1v) is 2.80. The van der Waals surface area contributed by atoms with Crippen LogP contribution in [0.4, 0.5) is 0 Å². The molecule has 10 heavy (non-hydrogen) atoms. The van der Waals surface area contributed by atoms with E-state index >= 15 is 0 Å². The Kier molecular flexibility index (Phi) is 1.94. The quantitative estimate of drug-likeness (QED) is 0.578. The van der Waals surface area contributed by atoms with Gasteiger partial charge < -0.3 is 14.5 Å². The summed E-state index contributed by atoms with van der Waals surface area (Å²) in [6.07, 6.45) is 1.45. The predicted octanol–water partition coefficient (Wildman–Crippen LogP) is 0.305. The van der Waals surface area contributed by atoms with E-state index in [1.165, 1.54) is 6.26 Å². The summed E-state index contributed by atoms with van der Waals surface area (Å²) in [7, 11) is -1.54. The number of furan rings is 1. The van der Waals surface area contributed by atoms with E-state index in [-0.39, 0.29) is 5.47 Å². The molecular weight excluding hydrogens is 131 g/mol. The van der Waals surface area contributed by atoms with Crippen LogP contribution in [0.15, 0.2) is 29.4 Å². The average Bonchev–Trinajstić information content (AvgIpc) is 2.36. The molecule has 1 aromatic heterocycles. The smallest absolute Gasteiger partial charge is 0.465 e. The van der Waals surface area contributed by atoms with Gasteiger partial charge >= 0.3 is 7.12 Å². The van der Waals surface area contributed by atoms with Gasteiger partial charge in [0.05, 0.1) is 6.26 Å². The van der Waals surface area contributed by atoms with Gasteiger partial charge in [-0.15, -0.1) is 0 Å². The van der Waals surface area contributed by atoms with Crippen molar-refractivity contribution in [1.82, 2.24) is 0 Å². The number of hydrogen-bond acceptors (Lipinski definition) is 3. The van der Waals surface area contributed by atoms with E-state index in [4.69, 9.17) is 14.5 Å². The molecule has 1 aromatic rings. The van der Waals surface area contributed by atoms with E-state index in [1.54, 1.807) is 12.1 Å². The molecule has 0 amide bonds. The molecule has 3 nitrogen and oxygen atoms in total. The lowest BCUT2D eigenvalue weighted by Crippen LogP contribution is -2.12. The van der Waals surface area contributed by atoms with E-state index in [0.29, 0.717) is 5.76 Å². The highest BCUT2D eigenvalue weighted by Gasteiger charge is 2.15. The van der Waals surface area contributed by atoms with Crippen molar-refractivity contribution in [1.29, 1.82) is 0 Å². The van der Waals surface area contributed by atoms with Gasteiger partial charge in [-0.25, -0.2) is 0 Å². The summed E-state index contributed by atoms with van der Waals surface area (Å²) in [5.41, 5.74) is 0.171. The van der Waals surface area contributed by atoms with Crippen molar-refractivity contribution in [3.8, 4) is 0 Å². The van der Waals surface area contributed by atoms with Crippen LogP contribution in [0.3, 0.4) is 0 Å². The van der Waals surface area contributed by atoms with Gasteiger partial charge in [0.1, 0.15) is 5.76 Å². The van der Waals surface area contributed by atoms with Crippen LogP contribution in [0.1, 0.15) is 5.76 Å². The van der Waals surface area contributed by atoms with Crippen molar-refractivity contribution in [2.45, 2.75) is 0 Å². The molecule has 0 saturated heterocycles. The zero-order chi connectivity index (χ0) is 7.56.